The van der Waals surface area contributed by atoms with Gasteiger partial charge in [0.1, 0.15) is 10.0 Å². The first-order valence-electron chi connectivity index (χ1n) is 8.54. The SMILES string of the molecule is CC(NC(=O)Cc1ccc(NS(=O)(=O)c2cccs2)cc1)c1ccccc1F. The van der Waals surface area contributed by atoms with Crippen LogP contribution in [0.3, 0.4) is 0 Å². The highest BCUT2D eigenvalue weighted by atomic mass is 32.2. The van der Waals surface area contributed by atoms with Gasteiger partial charge < -0.3 is 5.32 Å². The molecule has 146 valence electrons. The minimum Gasteiger partial charge on any atom is -0.349 e. The van der Waals surface area contributed by atoms with Crippen LogP contribution in [0.2, 0.25) is 0 Å². The molecule has 2 N–H and O–H groups in total. The smallest absolute Gasteiger partial charge is 0.271 e. The molecule has 0 saturated carbocycles. The lowest BCUT2D eigenvalue weighted by atomic mass is 10.1. The fourth-order valence-electron chi connectivity index (χ4n) is 2.69. The van der Waals surface area contributed by atoms with Crippen LogP contribution in [-0.4, -0.2) is 14.3 Å². The number of benzene rings is 2. The molecule has 8 heteroatoms. The third kappa shape index (κ3) is 4.96. The van der Waals surface area contributed by atoms with E-state index in [0.29, 0.717) is 11.3 Å². The Labute approximate surface area is 167 Å². The fourth-order valence-corrected chi connectivity index (χ4v) is 4.75. The molecule has 3 aromatic rings. The van der Waals surface area contributed by atoms with Crippen LogP contribution in [0.5, 0.6) is 0 Å². The first kappa shape index (κ1) is 20.0. The second kappa shape index (κ2) is 8.53. The maximum Gasteiger partial charge on any atom is 0.271 e. The Balaban J connectivity index is 1.59. The third-order valence-corrected chi connectivity index (χ3v) is 6.86. The largest absolute Gasteiger partial charge is 0.349 e. The zero-order valence-electron chi connectivity index (χ0n) is 15.1. The van der Waals surface area contributed by atoms with Gasteiger partial charge >= 0.3 is 0 Å². The molecule has 1 heterocycles. The number of nitrogens with one attached hydrogen (secondary N) is 2. The molecule has 3 rings (SSSR count). The number of anilines is 1. The number of sulfonamides is 1. The van der Waals surface area contributed by atoms with E-state index in [1.54, 1.807) is 60.8 Å². The van der Waals surface area contributed by atoms with Crippen molar-refractivity contribution < 1.29 is 17.6 Å². The second-order valence-corrected chi connectivity index (χ2v) is 9.08. The molecule has 1 atom stereocenters. The van der Waals surface area contributed by atoms with E-state index in [2.05, 4.69) is 10.0 Å². The summed E-state index contributed by atoms with van der Waals surface area (Å²) in [6.07, 6.45) is 0.108. The van der Waals surface area contributed by atoms with Crippen LogP contribution in [0.1, 0.15) is 24.1 Å². The van der Waals surface area contributed by atoms with Crippen LogP contribution in [-0.2, 0) is 21.2 Å². The first-order valence-corrected chi connectivity index (χ1v) is 10.9. The van der Waals surface area contributed by atoms with Crippen molar-refractivity contribution >= 4 is 33.0 Å². The molecule has 28 heavy (non-hydrogen) atoms. The average Bonchev–Trinajstić information content (AvgIpc) is 3.19. The lowest BCUT2D eigenvalue weighted by Crippen LogP contribution is -2.28. The van der Waals surface area contributed by atoms with Gasteiger partial charge in [-0.05, 0) is 42.1 Å². The van der Waals surface area contributed by atoms with Crippen molar-refractivity contribution in [3.63, 3.8) is 0 Å². The molecule has 5 nitrogen and oxygen atoms in total. The van der Waals surface area contributed by atoms with Gasteiger partial charge in [0.15, 0.2) is 0 Å². The molecule has 1 aromatic heterocycles. The van der Waals surface area contributed by atoms with E-state index >= 15 is 0 Å². The normalized spacial score (nSPS) is 12.4. The molecule has 0 spiro atoms. The molecule has 1 unspecified atom stereocenters. The summed E-state index contributed by atoms with van der Waals surface area (Å²) in [5.74, 6) is -0.611. The summed E-state index contributed by atoms with van der Waals surface area (Å²) in [5.41, 5.74) is 1.56. The summed E-state index contributed by atoms with van der Waals surface area (Å²) in [7, 11) is -3.60. The number of carbonyl (C=O) groups is 1. The zero-order chi connectivity index (χ0) is 20.1. The minimum atomic E-state index is -3.60. The topological polar surface area (TPSA) is 75.3 Å². The van der Waals surface area contributed by atoms with Gasteiger partial charge in [0.2, 0.25) is 5.91 Å². The van der Waals surface area contributed by atoms with Crippen molar-refractivity contribution in [1.29, 1.82) is 0 Å². The van der Waals surface area contributed by atoms with Crippen LogP contribution < -0.4 is 10.0 Å². The predicted molar refractivity (Wildman–Crippen MR) is 108 cm³/mol. The van der Waals surface area contributed by atoms with E-state index < -0.39 is 16.1 Å². The number of thiophene rings is 1. The average molecular weight is 419 g/mol. The van der Waals surface area contributed by atoms with Crippen molar-refractivity contribution in [1.82, 2.24) is 5.32 Å². The lowest BCUT2D eigenvalue weighted by molar-refractivity contribution is -0.121. The Morgan fingerprint density at radius 2 is 1.79 bits per heavy atom. The number of hydrogen-bond donors (Lipinski definition) is 2. The predicted octanol–water partition coefficient (Wildman–Crippen LogP) is 4.11. The first-order chi connectivity index (χ1) is 13.3. The van der Waals surface area contributed by atoms with Crippen LogP contribution in [0.15, 0.2) is 70.3 Å². The molecular formula is C20H19FN2O3S2. The molecule has 2 aromatic carbocycles. The molecule has 0 aliphatic rings. The summed E-state index contributed by atoms with van der Waals surface area (Å²) >= 11 is 1.14. The zero-order valence-corrected chi connectivity index (χ0v) is 16.7. The van der Waals surface area contributed by atoms with Gasteiger partial charge in [0.25, 0.3) is 10.0 Å². The van der Waals surface area contributed by atoms with E-state index in [0.717, 1.165) is 16.9 Å². The Hall–Kier alpha value is -2.71. The maximum atomic E-state index is 13.8. The van der Waals surface area contributed by atoms with Gasteiger partial charge in [-0.2, -0.15) is 0 Å². The summed E-state index contributed by atoms with van der Waals surface area (Å²) in [6, 6.07) is 15.6. The number of hydrogen-bond acceptors (Lipinski definition) is 4. The van der Waals surface area contributed by atoms with Crippen LogP contribution in [0.4, 0.5) is 10.1 Å². The fraction of sp³-hybridized carbons (Fsp3) is 0.150. The Morgan fingerprint density at radius 1 is 1.07 bits per heavy atom. The summed E-state index contributed by atoms with van der Waals surface area (Å²) in [4.78, 5) is 12.2. The molecule has 0 bridgehead atoms. The Morgan fingerprint density at radius 3 is 2.43 bits per heavy atom. The van der Waals surface area contributed by atoms with E-state index in [9.17, 15) is 17.6 Å². The Bertz CT molecular complexity index is 1050. The van der Waals surface area contributed by atoms with Gasteiger partial charge in [0.05, 0.1) is 12.5 Å². The van der Waals surface area contributed by atoms with Gasteiger partial charge in [-0.15, -0.1) is 11.3 Å². The Kier molecular flexibility index (Phi) is 6.11. The molecular weight excluding hydrogens is 399 g/mol. The van der Waals surface area contributed by atoms with Crippen molar-refractivity contribution in [3.8, 4) is 0 Å². The molecule has 0 aliphatic heterocycles. The van der Waals surface area contributed by atoms with Crippen LogP contribution >= 0.6 is 11.3 Å². The quantitative estimate of drug-likeness (QED) is 0.606. The lowest BCUT2D eigenvalue weighted by Gasteiger charge is -2.15. The summed E-state index contributed by atoms with van der Waals surface area (Å²) < 4.78 is 41.0. The summed E-state index contributed by atoms with van der Waals surface area (Å²) in [6.45, 7) is 1.72. The number of rotatable bonds is 7. The molecule has 0 saturated heterocycles. The highest BCUT2D eigenvalue weighted by Gasteiger charge is 2.16. The van der Waals surface area contributed by atoms with E-state index in [1.807, 2.05) is 0 Å². The highest BCUT2D eigenvalue weighted by molar-refractivity contribution is 7.94. The van der Waals surface area contributed by atoms with Crippen molar-refractivity contribution in [2.45, 2.75) is 23.6 Å². The molecule has 0 radical (unpaired) electrons. The standard InChI is InChI=1S/C20H19FN2O3S2/c1-14(17-5-2-3-6-18(17)21)22-19(24)13-15-8-10-16(11-9-15)23-28(25,26)20-7-4-12-27-20/h2-12,14,23H,13H2,1H3,(H,22,24). The molecule has 1 amide bonds. The highest BCUT2D eigenvalue weighted by Crippen LogP contribution is 2.21. The van der Waals surface area contributed by atoms with Crippen LogP contribution in [0, 0.1) is 5.82 Å². The van der Waals surface area contributed by atoms with Crippen molar-refractivity contribution in [3.05, 3.63) is 83.0 Å². The van der Waals surface area contributed by atoms with Crippen molar-refractivity contribution in [2.24, 2.45) is 0 Å². The number of halogens is 1. The van der Waals surface area contributed by atoms with Gasteiger partial charge in [-0.25, -0.2) is 12.8 Å². The maximum absolute atomic E-state index is 13.8. The van der Waals surface area contributed by atoms with E-state index in [-0.39, 0.29) is 22.4 Å². The number of carbonyl (C=O) groups excluding carboxylic acids is 1. The van der Waals surface area contributed by atoms with Gasteiger partial charge in [-0.1, -0.05) is 36.4 Å². The summed E-state index contributed by atoms with van der Waals surface area (Å²) in [5, 5.41) is 4.46. The second-order valence-electron chi connectivity index (χ2n) is 6.22. The molecule has 0 fully saturated rings. The van der Waals surface area contributed by atoms with Crippen molar-refractivity contribution in [2.75, 3.05) is 4.72 Å². The minimum absolute atomic E-state index is 0.108. The van der Waals surface area contributed by atoms with Gasteiger partial charge in [-0.3, -0.25) is 9.52 Å². The van der Waals surface area contributed by atoms with E-state index in [4.69, 9.17) is 0 Å². The molecule has 0 aliphatic carbocycles. The third-order valence-electron chi connectivity index (χ3n) is 4.08. The monoisotopic (exact) mass is 418 g/mol. The number of amides is 1. The van der Waals surface area contributed by atoms with Crippen LogP contribution in [0.25, 0.3) is 0 Å². The van der Waals surface area contributed by atoms with E-state index in [1.165, 1.54) is 12.1 Å². The van der Waals surface area contributed by atoms with Gasteiger partial charge in [0, 0.05) is 11.3 Å².